The molecule has 150 valence electrons. The van der Waals surface area contributed by atoms with Gasteiger partial charge in [0.2, 0.25) is 5.91 Å². The summed E-state index contributed by atoms with van der Waals surface area (Å²) in [5, 5.41) is 2.93. The summed E-state index contributed by atoms with van der Waals surface area (Å²) in [6, 6.07) is 15.9. The molecule has 0 radical (unpaired) electrons. The maximum atomic E-state index is 12.8. The molecule has 2 aliphatic heterocycles. The van der Waals surface area contributed by atoms with Crippen molar-refractivity contribution in [1.29, 1.82) is 0 Å². The van der Waals surface area contributed by atoms with Gasteiger partial charge in [0.05, 0.1) is 12.4 Å². The van der Waals surface area contributed by atoms with Gasteiger partial charge < -0.3 is 15.0 Å². The predicted octanol–water partition coefficient (Wildman–Crippen LogP) is 2.47. The van der Waals surface area contributed by atoms with Crippen molar-refractivity contribution in [1.82, 2.24) is 10.2 Å². The summed E-state index contributed by atoms with van der Waals surface area (Å²) in [5.41, 5.74) is 2.21. The molecule has 7 nitrogen and oxygen atoms in total. The third-order valence-corrected chi connectivity index (χ3v) is 5.93. The fourth-order valence-electron chi connectivity index (χ4n) is 3.38. The summed E-state index contributed by atoms with van der Waals surface area (Å²) in [6.07, 6.45) is -0.357. The second-order valence-corrected chi connectivity index (χ2v) is 7.81. The number of nitrogens with zero attached hydrogens (tertiary/aromatic N) is 2. The molecule has 0 aliphatic carbocycles. The van der Waals surface area contributed by atoms with Crippen molar-refractivity contribution in [2.45, 2.75) is 12.6 Å². The molecule has 0 saturated carbocycles. The topological polar surface area (TPSA) is 79.0 Å². The normalized spacial score (nSPS) is 18.6. The van der Waals surface area contributed by atoms with Crippen molar-refractivity contribution in [3.63, 3.8) is 0 Å². The fourth-order valence-corrected chi connectivity index (χ4v) is 4.53. The van der Waals surface area contributed by atoms with Gasteiger partial charge in [0.25, 0.3) is 5.91 Å². The molecule has 1 N–H and O–H groups in total. The minimum atomic E-state index is -0.496. The minimum Gasteiger partial charge on any atom is -0.447 e. The first-order valence-corrected chi connectivity index (χ1v) is 10.5. The van der Waals surface area contributed by atoms with E-state index < -0.39 is 6.04 Å². The molecule has 2 fully saturated rings. The van der Waals surface area contributed by atoms with E-state index in [4.69, 9.17) is 4.74 Å². The van der Waals surface area contributed by atoms with Crippen LogP contribution in [0.3, 0.4) is 0 Å². The van der Waals surface area contributed by atoms with Crippen LogP contribution in [0, 0.1) is 0 Å². The largest absolute Gasteiger partial charge is 0.447 e. The van der Waals surface area contributed by atoms with E-state index in [0.29, 0.717) is 36.9 Å². The van der Waals surface area contributed by atoms with E-state index in [1.54, 1.807) is 33.7 Å². The minimum absolute atomic E-state index is 0.134. The second-order valence-electron chi connectivity index (χ2n) is 6.81. The highest BCUT2D eigenvalue weighted by Gasteiger charge is 2.35. The Morgan fingerprint density at radius 2 is 1.97 bits per heavy atom. The zero-order valence-corrected chi connectivity index (χ0v) is 16.6. The second kappa shape index (κ2) is 8.57. The molecular weight excluding hydrogens is 390 g/mol. The summed E-state index contributed by atoms with van der Waals surface area (Å²) in [4.78, 5) is 40.4. The first kappa shape index (κ1) is 19.3. The van der Waals surface area contributed by atoms with Crippen molar-refractivity contribution in [3.05, 3.63) is 65.7 Å². The number of rotatable bonds is 5. The van der Waals surface area contributed by atoms with Gasteiger partial charge in [0, 0.05) is 23.5 Å². The summed E-state index contributed by atoms with van der Waals surface area (Å²) < 4.78 is 4.97. The van der Waals surface area contributed by atoms with Gasteiger partial charge in [0.1, 0.15) is 12.6 Å². The van der Waals surface area contributed by atoms with Gasteiger partial charge in [-0.1, -0.05) is 30.3 Å². The number of amides is 3. The van der Waals surface area contributed by atoms with Crippen LogP contribution in [0.4, 0.5) is 10.5 Å². The standard InChI is InChI=1S/C21H21N3O4S/c25-19(18-13-29-14-24(18)20(26)16-6-2-1-3-7-16)22-12-15-5-4-8-17(11-15)23-9-10-28-21(23)27/h1-8,11,18H,9-10,12-14H2,(H,22,25). The van der Waals surface area contributed by atoms with E-state index in [1.807, 2.05) is 42.5 Å². The van der Waals surface area contributed by atoms with Crippen LogP contribution in [0.15, 0.2) is 54.6 Å². The van der Waals surface area contributed by atoms with Crippen LogP contribution in [0.25, 0.3) is 0 Å². The zero-order chi connectivity index (χ0) is 20.2. The number of hydrogen-bond donors (Lipinski definition) is 1. The molecule has 2 aromatic carbocycles. The Balaban J connectivity index is 1.39. The molecule has 0 bridgehead atoms. The number of cyclic esters (lactones) is 1. The van der Waals surface area contributed by atoms with Crippen molar-refractivity contribution in [2.24, 2.45) is 0 Å². The Hall–Kier alpha value is -3.00. The van der Waals surface area contributed by atoms with Crippen molar-refractivity contribution < 1.29 is 19.1 Å². The third kappa shape index (κ3) is 4.22. The first-order chi connectivity index (χ1) is 14.1. The Kier molecular flexibility index (Phi) is 5.71. The van der Waals surface area contributed by atoms with Crippen LogP contribution in [0.2, 0.25) is 0 Å². The molecule has 2 saturated heterocycles. The molecule has 1 atom stereocenters. The van der Waals surface area contributed by atoms with Crippen LogP contribution >= 0.6 is 11.8 Å². The molecule has 0 spiro atoms. The number of carbonyl (C=O) groups is 3. The lowest BCUT2D eigenvalue weighted by Gasteiger charge is -2.23. The summed E-state index contributed by atoms with van der Waals surface area (Å²) in [6.45, 7) is 1.22. The number of ether oxygens (including phenoxy) is 1. The fraction of sp³-hybridized carbons (Fsp3) is 0.286. The Labute approximate surface area is 173 Å². The molecule has 0 aromatic heterocycles. The van der Waals surface area contributed by atoms with E-state index >= 15 is 0 Å². The van der Waals surface area contributed by atoms with Crippen LogP contribution in [-0.4, -0.2) is 53.6 Å². The monoisotopic (exact) mass is 411 g/mol. The summed E-state index contributed by atoms with van der Waals surface area (Å²) in [5.74, 6) is 0.762. The van der Waals surface area contributed by atoms with Crippen LogP contribution in [-0.2, 0) is 16.1 Å². The third-order valence-electron chi connectivity index (χ3n) is 4.92. The van der Waals surface area contributed by atoms with Gasteiger partial charge in [-0.2, -0.15) is 0 Å². The quantitative estimate of drug-likeness (QED) is 0.818. The van der Waals surface area contributed by atoms with Crippen LogP contribution < -0.4 is 10.2 Å². The molecule has 2 heterocycles. The summed E-state index contributed by atoms with van der Waals surface area (Å²) in [7, 11) is 0. The van der Waals surface area contributed by atoms with E-state index in [1.165, 1.54) is 0 Å². The van der Waals surface area contributed by atoms with Gasteiger partial charge in [-0.25, -0.2) is 4.79 Å². The maximum absolute atomic E-state index is 12.8. The summed E-state index contributed by atoms with van der Waals surface area (Å²) >= 11 is 1.57. The van der Waals surface area contributed by atoms with Crippen molar-refractivity contribution >= 4 is 35.4 Å². The SMILES string of the molecule is O=C(NCc1cccc(N2CCOC2=O)c1)C1CSCN1C(=O)c1ccccc1. The smallest absolute Gasteiger partial charge is 0.414 e. The van der Waals surface area contributed by atoms with E-state index in [-0.39, 0.29) is 17.9 Å². The lowest BCUT2D eigenvalue weighted by Crippen LogP contribution is -2.47. The van der Waals surface area contributed by atoms with E-state index in [0.717, 1.165) is 11.3 Å². The van der Waals surface area contributed by atoms with Gasteiger partial charge >= 0.3 is 6.09 Å². The highest BCUT2D eigenvalue weighted by atomic mass is 32.2. The van der Waals surface area contributed by atoms with Crippen LogP contribution in [0.5, 0.6) is 0 Å². The van der Waals surface area contributed by atoms with Gasteiger partial charge in [-0.15, -0.1) is 11.8 Å². The van der Waals surface area contributed by atoms with Gasteiger partial charge in [-0.05, 0) is 29.8 Å². The number of carbonyl (C=O) groups excluding carboxylic acids is 3. The first-order valence-electron chi connectivity index (χ1n) is 9.38. The Bertz CT molecular complexity index is 921. The van der Waals surface area contributed by atoms with Crippen molar-refractivity contribution in [2.75, 3.05) is 29.7 Å². The highest BCUT2D eigenvalue weighted by molar-refractivity contribution is 7.99. The predicted molar refractivity (Wildman–Crippen MR) is 111 cm³/mol. The number of anilines is 1. The van der Waals surface area contributed by atoms with E-state index in [2.05, 4.69) is 5.32 Å². The lowest BCUT2D eigenvalue weighted by molar-refractivity contribution is -0.124. The average molecular weight is 411 g/mol. The number of benzene rings is 2. The molecule has 8 heteroatoms. The van der Waals surface area contributed by atoms with Crippen molar-refractivity contribution in [3.8, 4) is 0 Å². The molecule has 4 rings (SSSR count). The number of nitrogens with one attached hydrogen (secondary N) is 1. The molecular formula is C21H21N3O4S. The van der Waals surface area contributed by atoms with E-state index in [9.17, 15) is 14.4 Å². The van der Waals surface area contributed by atoms with Gasteiger partial charge in [-0.3, -0.25) is 14.5 Å². The van der Waals surface area contributed by atoms with Crippen LogP contribution in [0.1, 0.15) is 15.9 Å². The number of thioether (sulfide) groups is 1. The molecule has 2 aliphatic rings. The van der Waals surface area contributed by atoms with Gasteiger partial charge in [0.15, 0.2) is 0 Å². The molecule has 3 amide bonds. The maximum Gasteiger partial charge on any atom is 0.414 e. The average Bonchev–Trinajstić information content (AvgIpc) is 3.41. The zero-order valence-electron chi connectivity index (χ0n) is 15.7. The highest BCUT2D eigenvalue weighted by Crippen LogP contribution is 2.24. The Morgan fingerprint density at radius 3 is 2.72 bits per heavy atom. The molecule has 2 aromatic rings. The molecule has 29 heavy (non-hydrogen) atoms. The lowest BCUT2D eigenvalue weighted by atomic mass is 10.1. The number of hydrogen-bond acceptors (Lipinski definition) is 5. The Morgan fingerprint density at radius 1 is 1.14 bits per heavy atom. The molecule has 1 unspecified atom stereocenters.